The number of benzene rings is 2. The second-order valence-corrected chi connectivity index (χ2v) is 7.88. The first-order chi connectivity index (χ1) is 15.1. The monoisotopic (exact) mass is 416 g/mol. The van der Waals surface area contributed by atoms with Crippen molar-refractivity contribution in [3.63, 3.8) is 0 Å². The van der Waals surface area contributed by atoms with Crippen molar-refractivity contribution in [1.82, 2.24) is 0 Å². The number of rotatable bonds is 3. The van der Waals surface area contributed by atoms with Gasteiger partial charge in [0.25, 0.3) is 0 Å². The quantitative estimate of drug-likeness (QED) is 0.264. The molecule has 0 aliphatic heterocycles. The zero-order valence-electron chi connectivity index (χ0n) is 16.8. The summed E-state index contributed by atoms with van der Waals surface area (Å²) in [6, 6.07) is 15.0. The number of esters is 1. The van der Waals surface area contributed by atoms with E-state index in [-0.39, 0.29) is 23.0 Å². The maximum absolute atomic E-state index is 12.6. The molecule has 0 amide bonds. The first kappa shape index (κ1) is 19.3. The van der Waals surface area contributed by atoms with Gasteiger partial charge in [0.2, 0.25) is 0 Å². The van der Waals surface area contributed by atoms with E-state index in [0.29, 0.717) is 22.3 Å². The molecule has 31 heavy (non-hydrogen) atoms. The molecule has 6 nitrogen and oxygen atoms in total. The van der Waals surface area contributed by atoms with E-state index in [1.165, 1.54) is 12.1 Å². The second kappa shape index (κ2) is 7.87. The fourth-order valence-electron chi connectivity index (χ4n) is 4.22. The number of carbonyl (C=O) groups excluding carboxylic acids is 1. The minimum atomic E-state index is -0.606. The van der Waals surface area contributed by atoms with E-state index in [9.17, 15) is 14.4 Å². The molecule has 4 aromatic rings. The average molecular weight is 416 g/mol. The van der Waals surface area contributed by atoms with Crippen LogP contribution < -0.4 is 16.0 Å². The molecule has 156 valence electrons. The van der Waals surface area contributed by atoms with Gasteiger partial charge in [0.05, 0.1) is 11.5 Å². The molecule has 1 aliphatic rings. The van der Waals surface area contributed by atoms with Crippen molar-refractivity contribution in [2.24, 2.45) is 5.92 Å². The van der Waals surface area contributed by atoms with Crippen LogP contribution in [0.2, 0.25) is 0 Å². The van der Waals surface area contributed by atoms with Gasteiger partial charge in [-0.2, -0.15) is 0 Å². The molecule has 0 bridgehead atoms. The van der Waals surface area contributed by atoms with Crippen molar-refractivity contribution in [3.05, 3.63) is 75.4 Å². The van der Waals surface area contributed by atoms with Gasteiger partial charge in [-0.1, -0.05) is 37.5 Å². The Morgan fingerprint density at radius 2 is 1.65 bits per heavy atom. The summed E-state index contributed by atoms with van der Waals surface area (Å²) in [5.74, 6) is -0.0355. The fraction of sp³-hybridized carbons (Fsp3) is 0.240. The highest BCUT2D eigenvalue weighted by atomic mass is 16.5. The highest BCUT2D eigenvalue weighted by Crippen LogP contribution is 2.31. The molecule has 2 aromatic heterocycles. The summed E-state index contributed by atoms with van der Waals surface area (Å²) < 4.78 is 16.3. The number of fused-ring (bicyclic) bond motifs is 2. The van der Waals surface area contributed by atoms with E-state index < -0.39 is 11.3 Å². The minimum Gasteiger partial charge on any atom is -0.426 e. The molecule has 1 aliphatic carbocycles. The van der Waals surface area contributed by atoms with E-state index in [2.05, 4.69) is 0 Å². The summed E-state index contributed by atoms with van der Waals surface area (Å²) in [4.78, 5) is 37.3. The second-order valence-electron chi connectivity index (χ2n) is 7.88. The van der Waals surface area contributed by atoms with E-state index in [1.54, 1.807) is 30.3 Å². The van der Waals surface area contributed by atoms with Crippen molar-refractivity contribution in [2.45, 2.75) is 32.1 Å². The number of hydrogen-bond donors (Lipinski definition) is 0. The Balaban J connectivity index is 1.56. The van der Waals surface area contributed by atoms with Gasteiger partial charge in [-0.3, -0.25) is 4.79 Å². The van der Waals surface area contributed by atoms with Crippen LogP contribution in [0.15, 0.2) is 73.0 Å². The van der Waals surface area contributed by atoms with Gasteiger partial charge in [0, 0.05) is 28.5 Å². The van der Waals surface area contributed by atoms with E-state index in [1.807, 2.05) is 12.1 Å². The SMILES string of the molecule is O=C(Oc1ccc2c(-c3cc4ccccc4oc3=O)cc(=O)oc2c1)C1CCCCC1. The third-order valence-electron chi connectivity index (χ3n) is 5.80. The molecule has 1 fully saturated rings. The molecule has 0 radical (unpaired) electrons. The smallest absolute Gasteiger partial charge is 0.344 e. The lowest BCUT2D eigenvalue weighted by Gasteiger charge is -2.19. The Hall–Kier alpha value is -3.67. The third kappa shape index (κ3) is 3.77. The van der Waals surface area contributed by atoms with E-state index in [0.717, 1.165) is 37.5 Å². The lowest BCUT2D eigenvalue weighted by Crippen LogP contribution is -2.22. The topological polar surface area (TPSA) is 86.7 Å². The summed E-state index contributed by atoms with van der Waals surface area (Å²) >= 11 is 0. The third-order valence-corrected chi connectivity index (χ3v) is 5.80. The van der Waals surface area contributed by atoms with Crippen LogP contribution in [0.3, 0.4) is 0 Å². The molecule has 0 unspecified atom stereocenters. The minimum absolute atomic E-state index is 0.0926. The molecule has 5 rings (SSSR count). The van der Waals surface area contributed by atoms with Gasteiger partial charge in [0.1, 0.15) is 16.9 Å². The first-order valence-corrected chi connectivity index (χ1v) is 10.4. The molecule has 2 heterocycles. The Morgan fingerprint density at radius 1 is 0.839 bits per heavy atom. The van der Waals surface area contributed by atoms with Crippen molar-refractivity contribution in [1.29, 1.82) is 0 Å². The van der Waals surface area contributed by atoms with Crippen molar-refractivity contribution in [3.8, 4) is 16.9 Å². The number of carbonyl (C=O) groups is 1. The molecular formula is C25H20O6. The Morgan fingerprint density at radius 3 is 2.48 bits per heavy atom. The summed E-state index contributed by atoms with van der Waals surface area (Å²) in [6.45, 7) is 0. The summed E-state index contributed by atoms with van der Waals surface area (Å²) in [6.07, 6.45) is 4.89. The molecular weight excluding hydrogens is 396 g/mol. The highest BCUT2D eigenvalue weighted by molar-refractivity contribution is 5.95. The molecule has 0 spiro atoms. The van der Waals surface area contributed by atoms with Gasteiger partial charge in [-0.15, -0.1) is 0 Å². The molecule has 2 aromatic carbocycles. The number of para-hydroxylation sites is 1. The molecule has 0 saturated heterocycles. The predicted octanol–water partition coefficient (Wildman–Crippen LogP) is 5.05. The zero-order chi connectivity index (χ0) is 21.4. The van der Waals surface area contributed by atoms with Gasteiger partial charge in [-0.25, -0.2) is 9.59 Å². The van der Waals surface area contributed by atoms with Crippen LogP contribution in [-0.2, 0) is 4.79 Å². The normalized spacial score (nSPS) is 14.7. The van der Waals surface area contributed by atoms with Gasteiger partial charge >= 0.3 is 17.2 Å². The summed E-state index contributed by atoms with van der Waals surface area (Å²) in [7, 11) is 0. The van der Waals surface area contributed by atoms with E-state index >= 15 is 0 Å². The maximum Gasteiger partial charge on any atom is 0.344 e. The number of ether oxygens (including phenoxy) is 1. The maximum atomic E-state index is 12.6. The molecule has 1 saturated carbocycles. The van der Waals surface area contributed by atoms with Gasteiger partial charge < -0.3 is 13.6 Å². The van der Waals surface area contributed by atoms with E-state index in [4.69, 9.17) is 13.6 Å². The molecule has 0 N–H and O–H groups in total. The van der Waals surface area contributed by atoms with Crippen LogP contribution in [0.4, 0.5) is 0 Å². The standard InChI is InChI=1S/C25H20O6/c26-23-14-19(20-12-16-8-4-5-9-21(16)31-25(20)28)18-11-10-17(13-22(18)30-23)29-24(27)15-6-2-1-3-7-15/h4-5,8-15H,1-3,6-7H2. The first-order valence-electron chi connectivity index (χ1n) is 10.4. The predicted molar refractivity (Wildman–Crippen MR) is 116 cm³/mol. The lowest BCUT2D eigenvalue weighted by molar-refractivity contribution is -0.139. The van der Waals surface area contributed by atoms with Crippen molar-refractivity contribution in [2.75, 3.05) is 0 Å². The van der Waals surface area contributed by atoms with Crippen molar-refractivity contribution >= 4 is 27.9 Å². The molecule has 6 heteroatoms. The zero-order valence-corrected chi connectivity index (χ0v) is 16.8. The number of hydrogen-bond acceptors (Lipinski definition) is 6. The Kier molecular flexibility index (Phi) is 4.90. The highest BCUT2D eigenvalue weighted by Gasteiger charge is 2.23. The fourth-order valence-corrected chi connectivity index (χ4v) is 4.22. The van der Waals surface area contributed by atoms with Crippen LogP contribution in [0.25, 0.3) is 33.1 Å². The van der Waals surface area contributed by atoms with Crippen LogP contribution in [0, 0.1) is 5.92 Å². The average Bonchev–Trinajstić information content (AvgIpc) is 2.78. The molecule has 0 atom stereocenters. The van der Waals surface area contributed by atoms with Gasteiger partial charge in [0.15, 0.2) is 0 Å². The summed E-state index contributed by atoms with van der Waals surface area (Å²) in [5.41, 5.74) is 0.244. The summed E-state index contributed by atoms with van der Waals surface area (Å²) in [5, 5.41) is 1.30. The Bertz CT molecular complexity index is 1410. The van der Waals surface area contributed by atoms with Crippen LogP contribution >= 0.6 is 0 Å². The van der Waals surface area contributed by atoms with Crippen molar-refractivity contribution < 1.29 is 18.4 Å². The lowest BCUT2D eigenvalue weighted by atomic mass is 9.89. The largest absolute Gasteiger partial charge is 0.426 e. The van der Waals surface area contributed by atoms with Gasteiger partial charge in [-0.05, 0) is 37.1 Å². The van der Waals surface area contributed by atoms with Crippen LogP contribution in [0.5, 0.6) is 5.75 Å². The Labute approximate surface area is 177 Å². The van der Waals surface area contributed by atoms with Crippen LogP contribution in [-0.4, -0.2) is 5.97 Å². The van der Waals surface area contributed by atoms with Crippen LogP contribution in [0.1, 0.15) is 32.1 Å².